The molecule has 10 rings (SSSR count). The first-order valence-electron chi connectivity index (χ1n) is 17.6. The van der Waals surface area contributed by atoms with Crippen molar-refractivity contribution in [3.8, 4) is 45.0 Å². The standard InChI is InChI=1S/C48H32N4/c1-3-12-32(13-4-1)45-41-30-37(25-28-44(41)51-48(52-45)35-14-5-2-6-15-35)36-17-9-18-38(29-36)42-26-23-33-21-22-34-24-27-43(50-47(34)46(33)49-42)40-20-10-16-31-11-7-8-19-39(31)40/h1-30,42,49H. The topological polar surface area (TPSA) is 50.7 Å². The van der Waals surface area contributed by atoms with Crippen molar-refractivity contribution in [2.45, 2.75) is 6.04 Å². The van der Waals surface area contributed by atoms with Crippen molar-refractivity contribution in [3.63, 3.8) is 0 Å². The summed E-state index contributed by atoms with van der Waals surface area (Å²) in [6.45, 7) is 0. The summed E-state index contributed by atoms with van der Waals surface area (Å²) in [6.07, 6.45) is 4.47. The number of nitrogens with one attached hydrogen (secondary N) is 1. The van der Waals surface area contributed by atoms with Crippen molar-refractivity contribution in [1.29, 1.82) is 0 Å². The highest BCUT2D eigenvalue weighted by atomic mass is 14.9. The van der Waals surface area contributed by atoms with Gasteiger partial charge in [-0.25, -0.2) is 15.0 Å². The molecule has 1 atom stereocenters. The van der Waals surface area contributed by atoms with Gasteiger partial charge in [-0.2, -0.15) is 0 Å². The molecule has 0 saturated carbocycles. The van der Waals surface area contributed by atoms with Gasteiger partial charge in [-0.1, -0.05) is 158 Å². The largest absolute Gasteiger partial charge is 0.372 e. The van der Waals surface area contributed by atoms with Crippen LogP contribution in [0.5, 0.6) is 0 Å². The number of anilines is 1. The third kappa shape index (κ3) is 5.29. The molecule has 0 bridgehead atoms. The van der Waals surface area contributed by atoms with Gasteiger partial charge in [0.15, 0.2) is 5.82 Å². The third-order valence-electron chi connectivity index (χ3n) is 10.1. The van der Waals surface area contributed by atoms with Gasteiger partial charge in [0.05, 0.1) is 34.2 Å². The van der Waals surface area contributed by atoms with Crippen LogP contribution < -0.4 is 5.32 Å². The molecular weight excluding hydrogens is 633 g/mol. The molecule has 9 aromatic rings. The van der Waals surface area contributed by atoms with Crippen molar-refractivity contribution in [2.75, 3.05) is 5.32 Å². The summed E-state index contributed by atoms with van der Waals surface area (Å²) in [5.74, 6) is 0.725. The highest BCUT2D eigenvalue weighted by molar-refractivity contribution is 6.01. The molecule has 0 aliphatic carbocycles. The van der Waals surface area contributed by atoms with E-state index in [1.54, 1.807) is 0 Å². The van der Waals surface area contributed by atoms with E-state index in [1.165, 1.54) is 16.3 Å². The van der Waals surface area contributed by atoms with Crippen LogP contribution in [0.1, 0.15) is 17.2 Å². The number of hydrogen-bond acceptors (Lipinski definition) is 4. The first-order chi connectivity index (χ1) is 25.7. The maximum absolute atomic E-state index is 5.28. The van der Waals surface area contributed by atoms with E-state index >= 15 is 0 Å². The summed E-state index contributed by atoms with van der Waals surface area (Å²) < 4.78 is 0. The van der Waals surface area contributed by atoms with Crippen LogP contribution in [0.4, 0.5) is 5.69 Å². The molecule has 3 heterocycles. The second-order valence-electron chi connectivity index (χ2n) is 13.3. The average molecular weight is 665 g/mol. The Kier molecular flexibility index (Phi) is 7.17. The lowest BCUT2D eigenvalue weighted by atomic mass is 9.94. The maximum Gasteiger partial charge on any atom is 0.160 e. The second kappa shape index (κ2) is 12.4. The third-order valence-corrected chi connectivity index (χ3v) is 10.1. The van der Waals surface area contributed by atoms with Crippen LogP contribution in [-0.2, 0) is 0 Å². The maximum atomic E-state index is 5.28. The Bertz CT molecular complexity index is 2820. The van der Waals surface area contributed by atoms with E-state index in [-0.39, 0.29) is 6.04 Å². The predicted molar refractivity (Wildman–Crippen MR) is 216 cm³/mol. The lowest BCUT2D eigenvalue weighted by molar-refractivity contribution is 0.981. The van der Waals surface area contributed by atoms with Crippen LogP contribution in [0, 0.1) is 0 Å². The van der Waals surface area contributed by atoms with E-state index in [0.29, 0.717) is 0 Å². The molecule has 0 amide bonds. The zero-order valence-corrected chi connectivity index (χ0v) is 28.2. The smallest absolute Gasteiger partial charge is 0.160 e. The summed E-state index contributed by atoms with van der Waals surface area (Å²) >= 11 is 0. The molecule has 7 aromatic carbocycles. The molecule has 0 fully saturated rings. The Labute approximate surface area is 301 Å². The van der Waals surface area contributed by atoms with E-state index in [4.69, 9.17) is 15.0 Å². The minimum absolute atomic E-state index is 0.0156. The van der Waals surface area contributed by atoms with E-state index in [2.05, 4.69) is 163 Å². The molecule has 2 aromatic heterocycles. The van der Waals surface area contributed by atoms with Gasteiger partial charge in [-0.15, -0.1) is 0 Å². The summed E-state index contributed by atoms with van der Waals surface area (Å²) in [5, 5.41) is 8.42. The molecule has 1 aliphatic heterocycles. The fourth-order valence-corrected chi connectivity index (χ4v) is 7.44. The Hall–Kier alpha value is -6.91. The van der Waals surface area contributed by atoms with Gasteiger partial charge in [-0.05, 0) is 57.3 Å². The number of pyridine rings is 1. The number of nitrogens with zero attached hydrogens (tertiary/aromatic N) is 3. The van der Waals surface area contributed by atoms with Crippen LogP contribution in [0.25, 0.3) is 83.7 Å². The molecule has 1 unspecified atom stereocenters. The number of aromatic nitrogens is 3. The number of fused-ring (bicyclic) bond motifs is 5. The van der Waals surface area contributed by atoms with Crippen molar-refractivity contribution in [1.82, 2.24) is 15.0 Å². The minimum atomic E-state index is -0.0156. The quantitative estimate of drug-likeness (QED) is 0.199. The first-order valence-corrected chi connectivity index (χ1v) is 17.6. The minimum Gasteiger partial charge on any atom is -0.372 e. The fourth-order valence-electron chi connectivity index (χ4n) is 7.44. The first kappa shape index (κ1) is 30.0. The van der Waals surface area contributed by atoms with Crippen molar-refractivity contribution < 1.29 is 0 Å². The van der Waals surface area contributed by atoms with Gasteiger partial charge in [0.2, 0.25) is 0 Å². The van der Waals surface area contributed by atoms with Crippen LogP contribution in [0.15, 0.2) is 176 Å². The van der Waals surface area contributed by atoms with Crippen LogP contribution in [0.3, 0.4) is 0 Å². The van der Waals surface area contributed by atoms with E-state index in [1.807, 2.05) is 24.3 Å². The molecule has 52 heavy (non-hydrogen) atoms. The van der Waals surface area contributed by atoms with Gasteiger partial charge in [0.1, 0.15) is 0 Å². The second-order valence-corrected chi connectivity index (χ2v) is 13.3. The normalized spacial score (nSPS) is 13.7. The number of rotatable bonds is 5. The summed E-state index contributed by atoms with van der Waals surface area (Å²) in [6, 6.07) is 59.5. The van der Waals surface area contributed by atoms with Gasteiger partial charge < -0.3 is 5.32 Å². The summed E-state index contributed by atoms with van der Waals surface area (Å²) in [4.78, 5) is 15.4. The van der Waals surface area contributed by atoms with Crippen LogP contribution in [0.2, 0.25) is 0 Å². The van der Waals surface area contributed by atoms with Crippen LogP contribution in [-0.4, -0.2) is 15.0 Å². The monoisotopic (exact) mass is 664 g/mol. The Morgan fingerprint density at radius 2 is 1.21 bits per heavy atom. The van der Waals surface area contributed by atoms with Crippen LogP contribution >= 0.6 is 0 Å². The fraction of sp³-hybridized carbons (Fsp3) is 0.0208. The van der Waals surface area contributed by atoms with Crippen molar-refractivity contribution >= 4 is 44.3 Å². The molecule has 1 N–H and O–H groups in total. The Morgan fingerprint density at radius 1 is 0.481 bits per heavy atom. The molecule has 4 heteroatoms. The zero-order valence-electron chi connectivity index (χ0n) is 28.2. The molecule has 244 valence electrons. The number of benzene rings is 7. The van der Waals surface area contributed by atoms with Gasteiger partial charge in [0, 0.05) is 27.5 Å². The summed E-state index contributed by atoms with van der Waals surface area (Å²) in [5.41, 5.74) is 12.6. The van der Waals surface area contributed by atoms with E-state index < -0.39 is 0 Å². The predicted octanol–water partition coefficient (Wildman–Crippen LogP) is 12.2. The van der Waals surface area contributed by atoms with Gasteiger partial charge in [-0.3, -0.25) is 0 Å². The molecular formula is C48H32N4. The van der Waals surface area contributed by atoms with Gasteiger partial charge >= 0.3 is 0 Å². The SMILES string of the molecule is C1=CC(c2cccc(-c3ccc4nc(-c5ccccc5)nc(-c5ccccc5)c4c3)c2)Nc2c1ccc1ccc(-c3cccc4ccccc34)nc21. The average Bonchev–Trinajstić information content (AvgIpc) is 3.23. The molecule has 4 nitrogen and oxygen atoms in total. The van der Waals surface area contributed by atoms with E-state index in [0.717, 1.165) is 78.1 Å². The highest BCUT2D eigenvalue weighted by Gasteiger charge is 2.20. The molecule has 0 radical (unpaired) electrons. The molecule has 0 spiro atoms. The summed E-state index contributed by atoms with van der Waals surface area (Å²) in [7, 11) is 0. The lowest BCUT2D eigenvalue weighted by Gasteiger charge is -2.24. The Balaban J connectivity index is 1.02. The van der Waals surface area contributed by atoms with Crippen molar-refractivity contribution in [3.05, 3.63) is 187 Å². The van der Waals surface area contributed by atoms with E-state index in [9.17, 15) is 0 Å². The molecule has 0 saturated heterocycles. The van der Waals surface area contributed by atoms with Gasteiger partial charge in [0.25, 0.3) is 0 Å². The molecule has 1 aliphatic rings. The zero-order chi connectivity index (χ0) is 34.4. The lowest BCUT2D eigenvalue weighted by Crippen LogP contribution is -2.13. The number of hydrogen-bond donors (Lipinski definition) is 1. The Morgan fingerprint density at radius 3 is 2.10 bits per heavy atom. The van der Waals surface area contributed by atoms with Crippen molar-refractivity contribution in [2.24, 2.45) is 0 Å². The highest BCUT2D eigenvalue weighted by Crippen LogP contribution is 2.39.